The molecule has 1 aliphatic rings. The fraction of sp³-hybridized carbons (Fsp3) is 0.357. The molecule has 19 heavy (non-hydrogen) atoms. The molecule has 0 unspecified atom stereocenters. The summed E-state index contributed by atoms with van der Waals surface area (Å²) in [4.78, 5) is 11.8. The average Bonchev–Trinajstić information content (AvgIpc) is 2.82. The van der Waals surface area contributed by atoms with Crippen LogP contribution in [-0.4, -0.2) is 23.8 Å². The van der Waals surface area contributed by atoms with Crippen LogP contribution in [0, 0.1) is 12.8 Å². The maximum atomic E-state index is 11.8. The van der Waals surface area contributed by atoms with Gasteiger partial charge in [-0.15, -0.1) is 0 Å². The summed E-state index contributed by atoms with van der Waals surface area (Å²) in [5.41, 5.74) is 1.51. The molecule has 2 atom stereocenters. The molecule has 2 amide bonds. The summed E-state index contributed by atoms with van der Waals surface area (Å²) in [6, 6.07) is 5.16. The first-order valence-corrected chi connectivity index (χ1v) is 6.59. The van der Waals surface area contributed by atoms with Crippen LogP contribution in [0.3, 0.4) is 0 Å². The number of amides is 2. The summed E-state index contributed by atoms with van der Waals surface area (Å²) < 4.78 is 0. The topological polar surface area (TPSA) is 61.4 Å². The number of rotatable bonds is 3. The van der Waals surface area contributed by atoms with Crippen LogP contribution in [0.1, 0.15) is 12.0 Å². The maximum absolute atomic E-state index is 11.8. The monoisotopic (exact) mass is 280 g/mol. The number of benzene rings is 1. The number of hydrogen-bond acceptors (Lipinski definition) is 2. The molecule has 0 fully saturated rings. The molecule has 0 saturated heterocycles. The van der Waals surface area contributed by atoms with Crippen molar-refractivity contribution in [1.29, 1.82) is 0 Å². The second kappa shape index (κ2) is 6.08. The van der Waals surface area contributed by atoms with E-state index in [4.69, 9.17) is 16.7 Å². The highest BCUT2D eigenvalue weighted by atomic mass is 35.5. The number of carbonyl (C=O) groups is 1. The van der Waals surface area contributed by atoms with Gasteiger partial charge >= 0.3 is 6.03 Å². The summed E-state index contributed by atoms with van der Waals surface area (Å²) in [6.45, 7) is 2.00. The number of aryl methyl sites for hydroxylation is 1. The number of nitrogens with one attached hydrogen (secondary N) is 2. The van der Waals surface area contributed by atoms with Crippen molar-refractivity contribution in [3.05, 3.63) is 40.9 Å². The molecule has 3 N–H and O–H groups in total. The largest absolute Gasteiger partial charge is 0.396 e. The summed E-state index contributed by atoms with van der Waals surface area (Å²) in [5.74, 6) is 0.132. The summed E-state index contributed by atoms with van der Waals surface area (Å²) in [7, 11) is 0. The number of carbonyl (C=O) groups excluding carboxylic acids is 1. The number of aliphatic hydroxyl groups is 1. The highest BCUT2D eigenvalue weighted by molar-refractivity contribution is 6.34. The third-order valence-electron chi connectivity index (χ3n) is 3.16. The van der Waals surface area contributed by atoms with Crippen molar-refractivity contribution >= 4 is 23.3 Å². The Morgan fingerprint density at radius 1 is 1.47 bits per heavy atom. The Morgan fingerprint density at radius 2 is 2.26 bits per heavy atom. The van der Waals surface area contributed by atoms with E-state index in [0.29, 0.717) is 10.7 Å². The molecule has 102 valence electrons. The molecular formula is C14H17ClN2O2. The van der Waals surface area contributed by atoms with Gasteiger partial charge in [0.2, 0.25) is 0 Å². The first kappa shape index (κ1) is 13.9. The van der Waals surface area contributed by atoms with Crippen LogP contribution in [-0.2, 0) is 0 Å². The van der Waals surface area contributed by atoms with Crippen LogP contribution in [0.25, 0.3) is 0 Å². The van der Waals surface area contributed by atoms with Crippen LogP contribution < -0.4 is 10.6 Å². The number of hydrogen-bond donors (Lipinski definition) is 3. The lowest BCUT2D eigenvalue weighted by molar-refractivity contribution is 0.238. The Hall–Kier alpha value is -1.52. The van der Waals surface area contributed by atoms with Crippen LogP contribution in [0.15, 0.2) is 30.4 Å². The summed E-state index contributed by atoms with van der Waals surface area (Å²) >= 11 is 6.11. The average molecular weight is 281 g/mol. The van der Waals surface area contributed by atoms with E-state index in [-0.39, 0.29) is 24.6 Å². The van der Waals surface area contributed by atoms with Gasteiger partial charge in [-0.05, 0) is 25.0 Å². The smallest absolute Gasteiger partial charge is 0.319 e. The first-order chi connectivity index (χ1) is 9.10. The van der Waals surface area contributed by atoms with E-state index in [1.54, 1.807) is 6.07 Å². The summed E-state index contributed by atoms with van der Waals surface area (Å²) in [6.07, 6.45) is 4.55. The van der Waals surface area contributed by atoms with Gasteiger partial charge in [-0.3, -0.25) is 0 Å². The lowest BCUT2D eigenvalue weighted by Gasteiger charge is -2.14. The third kappa shape index (κ3) is 3.49. The Morgan fingerprint density at radius 3 is 2.95 bits per heavy atom. The zero-order valence-electron chi connectivity index (χ0n) is 10.7. The molecule has 0 spiro atoms. The Labute approximate surface area is 117 Å². The maximum Gasteiger partial charge on any atom is 0.319 e. The van der Waals surface area contributed by atoms with Gasteiger partial charge in [0.1, 0.15) is 0 Å². The zero-order valence-corrected chi connectivity index (χ0v) is 11.4. The van der Waals surface area contributed by atoms with Crippen molar-refractivity contribution < 1.29 is 9.90 Å². The van der Waals surface area contributed by atoms with E-state index in [1.165, 1.54) is 0 Å². The molecule has 2 rings (SSSR count). The predicted molar refractivity (Wildman–Crippen MR) is 76.5 cm³/mol. The molecule has 0 aromatic heterocycles. The molecule has 0 bridgehead atoms. The van der Waals surface area contributed by atoms with E-state index in [2.05, 4.69) is 10.6 Å². The molecular weight excluding hydrogens is 264 g/mol. The van der Waals surface area contributed by atoms with Crippen molar-refractivity contribution in [3.63, 3.8) is 0 Å². The fourth-order valence-electron chi connectivity index (χ4n) is 2.09. The Balaban J connectivity index is 1.92. The van der Waals surface area contributed by atoms with Gasteiger partial charge < -0.3 is 15.7 Å². The molecule has 1 aromatic rings. The van der Waals surface area contributed by atoms with Crippen molar-refractivity contribution in [2.75, 3.05) is 11.9 Å². The molecule has 0 saturated carbocycles. The summed E-state index contributed by atoms with van der Waals surface area (Å²) in [5, 5.41) is 15.1. The zero-order chi connectivity index (χ0) is 13.8. The predicted octanol–water partition coefficient (Wildman–Crippen LogP) is 2.71. The lowest BCUT2D eigenvalue weighted by Crippen LogP contribution is -2.36. The second-order valence-electron chi connectivity index (χ2n) is 4.70. The number of urea groups is 1. The van der Waals surface area contributed by atoms with E-state index in [1.807, 2.05) is 31.2 Å². The molecule has 0 heterocycles. The normalized spacial score (nSPS) is 21.4. The standard InChI is InChI=1S/C14H17ClN2O2/c1-9-3-2-4-12(13(9)15)17-14(19)16-11-6-5-10(7-11)8-18/h2-6,10-11,18H,7-8H2,1H3,(H2,16,17,19)/t10-,11+/m0/s1. The molecule has 4 nitrogen and oxygen atoms in total. The number of anilines is 1. The first-order valence-electron chi connectivity index (χ1n) is 6.22. The van der Waals surface area contributed by atoms with Crippen LogP contribution >= 0.6 is 11.6 Å². The van der Waals surface area contributed by atoms with Gasteiger partial charge in [0, 0.05) is 18.6 Å². The van der Waals surface area contributed by atoms with E-state index < -0.39 is 0 Å². The minimum absolute atomic E-state index is 0.0410. The Bertz CT molecular complexity index is 502. The van der Waals surface area contributed by atoms with Crippen LogP contribution in [0.2, 0.25) is 5.02 Å². The SMILES string of the molecule is Cc1cccc(NC(=O)N[C@@H]2C=C[C@H](CO)C2)c1Cl. The molecule has 0 aliphatic heterocycles. The highest BCUT2D eigenvalue weighted by Gasteiger charge is 2.19. The van der Waals surface area contributed by atoms with Crippen LogP contribution in [0.5, 0.6) is 0 Å². The van der Waals surface area contributed by atoms with Crippen molar-refractivity contribution in [1.82, 2.24) is 5.32 Å². The molecule has 1 aromatic carbocycles. The van der Waals surface area contributed by atoms with E-state index in [0.717, 1.165) is 12.0 Å². The number of halogens is 1. The minimum Gasteiger partial charge on any atom is -0.396 e. The minimum atomic E-state index is -0.291. The van der Waals surface area contributed by atoms with Crippen molar-refractivity contribution in [3.8, 4) is 0 Å². The van der Waals surface area contributed by atoms with E-state index in [9.17, 15) is 4.79 Å². The van der Waals surface area contributed by atoms with Gasteiger partial charge in [0.05, 0.1) is 10.7 Å². The van der Waals surface area contributed by atoms with Gasteiger partial charge in [0.25, 0.3) is 0 Å². The molecule has 1 aliphatic carbocycles. The third-order valence-corrected chi connectivity index (χ3v) is 3.66. The van der Waals surface area contributed by atoms with Gasteiger partial charge in [-0.2, -0.15) is 0 Å². The molecule has 0 radical (unpaired) electrons. The van der Waals surface area contributed by atoms with Crippen molar-refractivity contribution in [2.24, 2.45) is 5.92 Å². The Kier molecular flexibility index (Phi) is 4.45. The van der Waals surface area contributed by atoms with Crippen LogP contribution in [0.4, 0.5) is 10.5 Å². The number of aliphatic hydroxyl groups excluding tert-OH is 1. The van der Waals surface area contributed by atoms with Gasteiger partial charge in [-0.1, -0.05) is 35.9 Å². The van der Waals surface area contributed by atoms with E-state index >= 15 is 0 Å². The molecule has 5 heteroatoms. The fourth-order valence-corrected chi connectivity index (χ4v) is 2.26. The highest BCUT2D eigenvalue weighted by Crippen LogP contribution is 2.25. The van der Waals surface area contributed by atoms with Gasteiger partial charge in [-0.25, -0.2) is 4.79 Å². The quantitative estimate of drug-likeness (QED) is 0.746. The van der Waals surface area contributed by atoms with Gasteiger partial charge in [0.15, 0.2) is 0 Å². The lowest BCUT2D eigenvalue weighted by atomic mass is 10.1. The van der Waals surface area contributed by atoms with Crippen molar-refractivity contribution in [2.45, 2.75) is 19.4 Å². The second-order valence-corrected chi connectivity index (χ2v) is 5.08.